The molecule has 2 aromatic carbocycles. The van der Waals surface area contributed by atoms with Gasteiger partial charge in [0.25, 0.3) is 0 Å². The van der Waals surface area contributed by atoms with Crippen LogP contribution < -0.4 is 10.6 Å². The van der Waals surface area contributed by atoms with E-state index in [2.05, 4.69) is 45.1 Å². The molecule has 0 radical (unpaired) electrons. The van der Waals surface area contributed by atoms with Crippen LogP contribution in [0.15, 0.2) is 46.9 Å². The molecular weight excluding hydrogens is 302 g/mol. The molecule has 2 aromatic rings. The lowest BCUT2D eigenvalue weighted by Gasteiger charge is -2.20. The van der Waals surface area contributed by atoms with Crippen LogP contribution in [0.25, 0.3) is 0 Å². The average Bonchev–Trinajstić information content (AvgIpc) is 2.81. The predicted molar refractivity (Wildman–Crippen MR) is 81.5 cm³/mol. The minimum Gasteiger partial charge on any atom is -0.384 e. The largest absolute Gasteiger partial charge is 0.384 e. The van der Waals surface area contributed by atoms with Gasteiger partial charge in [0, 0.05) is 23.1 Å². The van der Waals surface area contributed by atoms with Gasteiger partial charge in [-0.05, 0) is 45.3 Å². The zero-order valence-electron chi connectivity index (χ0n) is 10.4. The quantitative estimate of drug-likeness (QED) is 0.660. The molecule has 0 saturated carbocycles. The molecule has 96 valence electrons. The Balaban J connectivity index is 1.91. The van der Waals surface area contributed by atoms with Crippen molar-refractivity contribution < 1.29 is 0 Å². The van der Waals surface area contributed by atoms with E-state index in [1.807, 2.05) is 18.2 Å². The number of nitrogen functional groups attached to an aromatic ring is 1. The molecule has 4 heteroatoms. The van der Waals surface area contributed by atoms with Crippen molar-refractivity contribution in [1.82, 2.24) is 0 Å². The van der Waals surface area contributed by atoms with Crippen molar-refractivity contribution in [3.05, 3.63) is 63.6 Å². The molecular formula is C15H14BrN3. The van der Waals surface area contributed by atoms with Crippen LogP contribution in [-0.2, 0) is 13.1 Å². The summed E-state index contributed by atoms with van der Waals surface area (Å²) in [5.74, 6) is 0.0944. The van der Waals surface area contributed by atoms with Crippen molar-refractivity contribution in [2.75, 3.05) is 4.90 Å². The van der Waals surface area contributed by atoms with E-state index in [0.717, 1.165) is 28.8 Å². The lowest BCUT2D eigenvalue weighted by Crippen LogP contribution is -2.16. The molecule has 3 N–H and O–H groups in total. The number of halogens is 1. The smallest absolute Gasteiger partial charge is 0.122 e. The molecule has 1 aliphatic rings. The second kappa shape index (κ2) is 4.70. The second-order valence-corrected chi connectivity index (χ2v) is 5.56. The van der Waals surface area contributed by atoms with Gasteiger partial charge in [-0.3, -0.25) is 5.41 Å². The van der Waals surface area contributed by atoms with Crippen LogP contribution in [0.2, 0.25) is 0 Å². The van der Waals surface area contributed by atoms with Crippen LogP contribution in [0.5, 0.6) is 0 Å². The normalized spacial score (nSPS) is 13.4. The number of rotatable bonds is 2. The molecule has 3 nitrogen and oxygen atoms in total. The van der Waals surface area contributed by atoms with E-state index in [1.54, 1.807) is 0 Å². The minimum atomic E-state index is 0.0944. The van der Waals surface area contributed by atoms with Crippen LogP contribution in [0.1, 0.15) is 16.7 Å². The van der Waals surface area contributed by atoms with Gasteiger partial charge in [0.1, 0.15) is 5.84 Å². The topological polar surface area (TPSA) is 53.1 Å². The van der Waals surface area contributed by atoms with Crippen molar-refractivity contribution in [1.29, 1.82) is 5.41 Å². The fraction of sp³-hybridized carbons (Fsp3) is 0.133. The van der Waals surface area contributed by atoms with E-state index < -0.39 is 0 Å². The summed E-state index contributed by atoms with van der Waals surface area (Å²) >= 11 is 3.58. The number of anilines is 1. The predicted octanol–water partition coefficient (Wildman–Crippen LogP) is 3.25. The molecule has 0 spiro atoms. The van der Waals surface area contributed by atoms with Gasteiger partial charge in [-0.1, -0.05) is 24.3 Å². The van der Waals surface area contributed by atoms with E-state index in [4.69, 9.17) is 11.1 Å². The Morgan fingerprint density at radius 2 is 1.74 bits per heavy atom. The van der Waals surface area contributed by atoms with Crippen LogP contribution in [0.3, 0.4) is 0 Å². The molecule has 1 aliphatic heterocycles. The zero-order chi connectivity index (χ0) is 13.4. The maximum atomic E-state index is 7.46. The Morgan fingerprint density at radius 1 is 1.11 bits per heavy atom. The molecule has 0 fully saturated rings. The number of nitrogens with one attached hydrogen (secondary N) is 1. The molecule has 0 atom stereocenters. The highest BCUT2D eigenvalue weighted by Gasteiger charge is 2.20. The Labute approximate surface area is 120 Å². The average molecular weight is 316 g/mol. The summed E-state index contributed by atoms with van der Waals surface area (Å²) in [6.45, 7) is 1.85. The minimum absolute atomic E-state index is 0.0944. The summed E-state index contributed by atoms with van der Waals surface area (Å²) in [6, 6.07) is 14.3. The van der Waals surface area contributed by atoms with Crippen molar-refractivity contribution >= 4 is 27.5 Å². The van der Waals surface area contributed by atoms with Gasteiger partial charge in [0.15, 0.2) is 0 Å². The number of hydrogen-bond donors (Lipinski definition) is 2. The number of nitrogens with two attached hydrogens (primary N) is 1. The Bertz CT molecular complexity index is 627. The molecule has 0 aliphatic carbocycles. The highest BCUT2D eigenvalue weighted by Crippen LogP contribution is 2.33. The van der Waals surface area contributed by atoms with Gasteiger partial charge in [0.05, 0.1) is 5.69 Å². The van der Waals surface area contributed by atoms with Crippen molar-refractivity contribution in [3.8, 4) is 0 Å². The van der Waals surface area contributed by atoms with Gasteiger partial charge < -0.3 is 10.6 Å². The number of fused-ring (bicyclic) bond motifs is 1. The van der Waals surface area contributed by atoms with Crippen LogP contribution in [-0.4, -0.2) is 5.84 Å². The van der Waals surface area contributed by atoms with E-state index in [9.17, 15) is 0 Å². The lowest BCUT2D eigenvalue weighted by atomic mass is 10.1. The second-order valence-electron chi connectivity index (χ2n) is 4.70. The van der Waals surface area contributed by atoms with Gasteiger partial charge in [-0.25, -0.2) is 0 Å². The van der Waals surface area contributed by atoms with Gasteiger partial charge in [0.2, 0.25) is 0 Å². The Morgan fingerprint density at radius 3 is 2.26 bits per heavy atom. The standard InChI is InChI=1S/C15H14BrN3/c16-13-7-10(15(17)18)5-6-14(13)19-8-11-3-1-2-4-12(11)9-19/h1-7H,8-9H2,(H3,17,18). The fourth-order valence-electron chi connectivity index (χ4n) is 2.43. The molecule has 0 saturated heterocycles. The summed E-state index contributed by atoms with van der Waals surface area (Å²) in [5.41, 5.74) is 10.1. The SMILES string of the molecule is N=C(N)c1ccc(N2Cc3ccccc3C2)c(Br)c1. The number of hydrogen-bond acceptors (Lipinski definition) is 2. The maximum Gasteiger partial charge on any atom is 0.122 e. The summed E-state index contributed by atoms with van der Waals surface area (Å²) in [4.78, 5) is 2.32. The summed E-state index contributed by atoms with van der Waals surface area (Å²) in [5, 5.41) is 7.46. The summed E-state index contributed by atoms with van der Waals surface area (Å²) in [7, 11) is 0. The highest BCUT2D eigenvalue weighted by atomic mass is 79.9. The third kappa shape index (κ3) is 2.24. The summed E-state index contributed by atoms with van der Waals surface area (Å²) in [6.07, 6.45) is 0. The zero-order valence-corrected chi connectivity index (χ0v) is 11.9. The first kappa shape index (κ1) is 12.2. The van der Waals surface area contributed by atoms with E-state index in [-0.39, 0.29) is 5.84 Å². The van der Waals surface area contributed by atoms with Gasteiger partial charge in [-0.2, -0.15) is 0 Å². The first-order valence-corrected chi connectivity index (χ1v) is 6.90. The van der Waals surface area contributed by atoms with Gasteiger partial charge >= 0.3 is 0 Å². The summed E-state index contributed by atoms with van der Waals surface area (Å²) < 4.78 is 0.980. The number of amidine groups is 1. The Hall–Kier alpha value is -1.81. The first-order chi connectivity index (χ1) is 9.15. The molecule has 19 heavy (non-hydrogen) atoms. The van der Waals surface area contributed by atoms with Crippen LogP contribution in [0.4, 0.5) is 5.69 Å². The number of nitrogens with zero attached hydrogens (tertiary/aromatic N) is 1. The van der Waals surface area contributed by atoms with E-state index >= 15 is 0 Å². The molecule has 0 aromatic heterocycles. The molecule has 1 heterocycles. The highest BCUT2D eigenvalue weighted by molar-refractivity contribution is 9.10. The maximum absolute atomic E-state index is 7.46. The van der Waals surface area contributed by atoms with Crippen molar-refractivity contribution in [2.24, 2.45) is 5.73 Å². The molecule has 0 unspecified atom stereocenters. The number of benzene rings is 2. The van der Waals surface area contributed by atoms with E-state index in [1.165, 1.54) is 11.1 Å². The Kier molecular flexibility index (Phi) is 3.03. The van der Waals surface area contributed by atoms with Gasteiger partial charge in [-0.15, -0.1) is 0 Å². The third-order valence-electron chi connectivity index (χ3n) is 3.44. The fourth-order valence-corrected chi connectivity index (χ4v) is 3.06. The molecule has 0 bridgehead atoms. The van der Waals surface area contributed by atoms with Crippen molar-refractivity contribution in [2.45, 2.75) is 13.1 Å². The molecule has 3 rings (SSSR count). The third-order valence-corrected chi connectivity index (χ3v) is 4.08. The lowest BCUT2D eigenvalue weighted by molar-refractivity contribution is 0.877. The van der Waals surface area contributed by atoms with Crippen molar-refractivity contribution in [3.63, 3.8) is 0 Å². The van der Waals surface area contributed by atoms with Crippen LogP contribution >= 0.6 is 15.9 Å². The monoisotopic (exact) mass is 315 g/mol. The van der Waals surface area contributed by atoms with E-state index in [0.29, 0.717) is 0 Å². The molecule has 0 amide bonds. The van der Waals surface area contributed by atoms with Crippen LogP contribution in [0, 0.1) is 5.41 Å². The first-order valence-electron chi connectivity index (χ1n) is 6.11.